The van der Waals surface area contributed by atoms with Crippen LogP contribution >= 0.6 is 0 Å². The largest absolute Gasteiger partial charge is 0.469 e. The van der Waals surface area contributed by atoms with Crippen LogP contribution in [0.15, 0.2) is 0 Å². The van der Waals surface area contributed by atoms with Crippen LogP contribution in [0, 0.1) is 5.41 Å². The van der Waals surface area contributed by atoms with Crippen molar-refractivity contribution in [2.45, 2.75) is 78.4 Å². The maximum absolute atomic E-state index is 13.0. The summed E-state index contributed by atoms with van der Waals surface area (Å²) in [6.07, 6.45) is 0.911. The zero-order valence-electron chi connectivity index (χ0n) is 20.0. The van der Waals surface area contributed by atoms with E-state index in [1.54, 1.807) is 20.8 Å². The topological polar surface area (TPSA) is 124 Å². The minimum atomic E-state index is -0.730. The van der Waals surface area contributed by atoms with Crippen LogP contribution in [0.5, 0.6) is 0 Å². The highest BCUT2D eigenvalue weighted by atomic mass is 16.6. The molecule has 2 heterocycles. The lowest BCUT2D eigenvalue weighted by atomic mass is 9.82. The number of hydrogen-bond acceptors (Lipinski definition) is 7. The number of methoxy groups -OCH3 is 2. The first kappa shape index (κ1) is 25.4. The van der Waals surface area contributed by atoms with Crippen LogP contribution in [-0.2, 0) is 47.9 Å². The number of carbonyl (C=O) groups excluding carboxylic acids is 4. The number of aromatic nitrogens is 1. The van der Waals surface area contributed by atoms with Crippen molar-refractivity contribution in [1.82, 2.24) is 10.3 Å². The molecule has 1 aliphatic heterocycles. The minimum absolute atomic E-state index is 0.0312. The number of carbonyl (C=O) groups is 4. The molecule has 178 valence electrons. The van der Waals surface area contributed by atoms with E-state index in [1.165, 1.54) is 14.2 Å². The van der Waals surface area contributed by atoms with Gasteiger partial charge < -0.3 is 24.5 Å². The van der Waals surface area contributed by atoms with Gasteiger partial charge in [0.05, 0.1) is 20.6 Å². The molecule has 0 saturated carbocycles. The summed E-state index contributed by atoms with van der Waals surface area (Å²) in [5, 5.41) is 2.98. The maximum Gasteiger partial charge on any atom is 0.355 e. The van der Waals surface area contributed by atoms with Gasteiger partial charge in [0.15, 0.2) is 0 Å². The number of amides is 1. The van der Waals surface area contributed by atoms with Crippen LogP contribution in [-0.4, -0.2) is 54.7 Å². The Kier molecular flexibility index (Phi) is 7.74. The standard InChI is InChI=1S/C23H34N2O7/c1-22(2,3)32-21(29)20-13(8-9-18(27)30-6)14(10-19(28)31-7)15(24-20)11-16-23(4,5)12-17(26)25-16/h16,24H,8-12H2,1-7H3,(H,25,26). The second-order valence-electron chi connectivity index (χ2n) is 9.76. The second kappa shape index (κ2) is 9.75. The molecule has 9 nitrogen and oxygen atoms in total. The first-order valence-electron chi connectivity index (χ1n) is 10.7. The van der Waals surface area contributed by atoms with Crippen molar-refractivity contribution in [3.8, 4) is 0 Å². The van der Waals surface area contributed by atoms with E-state index < -0.39 is 23.5 Å². The third kappa shape index (κ3) is 6.34. The lowest BCUT2D eigenvalue weighted by Crippen LogP contribution is -2.36. The van der Waals surface area contributed by atoms with Gasteiger partial charge in [-0.15, -0.1) is 0 Å². The molecule has 1 atom stereocenters. The second-order valence-corrected chi connectivity index (χ2v) is 9.76. The zero-order chi connectivity index (χ0) is 24.3. The molecule has 32 heavy (non-hydrogen) atoms. The quantitative estimate of drug-likeness (QED) is 0.460. The van der Waals surface area contributed by atoms with Crippen LogP contribution in [0.1, 0.15) is 74.8 Å². The average Bonchev–Trinajstić information content (AvgIpc) is 3.13. The molecule has 2 N–H and O–H groups in total. The molecule has 0 aromatic carbocycles. The highest BCUT2D eigenvalue weighted by Crippen LogP contribution is 2.34. The molecule has 1 unspecified atom stereocenters. The Morgan fingerprint density at radius 3 is 2.19 bits per heavy atom. The van der Waals surface area contributed by atoms with Crippen molar-refractivity contribution in [3.05, 3.63) is 22.5 Å². The van der Waals surface area contributed by atoms with Gasteiger partial charge in [-0.3, -0.25) is 14.4 Å². The van der Waals surface area contributed by atoms with Gasteiger partial charge in [-0.25, -0.2) is 4.79 Å². The predicted molar refractivity (Wildman–Crippen MR) is 116 cm³/mol. The van der Waals surface area contributed by atoms with Gasteiger partial charge in [0, 0.05) is 31.0 Å². The number of ether oxygens (including phenoxy) is 3. The molecular formula is C23H34N2O7. The van der Waals surface area contributed by atoms with Crippen LogP contribution in [0.4, 0.5) is 0 Å². The number of esters is 3. The smallest absolute Gasteiger partial charge is 0.355 e. The number of hydrogen-bond donors (Lipinski definition) is 2. The summed E-state index contributed by atoms with van der Waals surface area (Å²) < 4.78 is 15.2. The van der Waals surface area contributed by atoms with E-state index in [9.17, 15) is 19.2 Å². The molecule has 0 aliphatic carbocycles. The first-order chi connectivity index (χ1) is 14.8. The monoisotopic (exact) mass is 450 g/mol. The number of aromatic amines is 1. The lowest BCUT2D eigenvalue weighted by Gasteiger charge is -2.25. The SMILES string of the molecule is COC(=O)CCc1c(C(=O)OC(C)(C)C)[nH]c(CC2NC(=O)CC2(C)C)c1CC(=O)OC. The molecule has 9 heteroatoms. The van der Waals surface area contributed by atoms with Crippen molar-refractivity contribution >= 4 is 23.8 Å². The van der Waals surface area contributed by atoms with Crippen LogP contribution in [0.25, 0.3) is 0 Å². The van der Waals surface area contributed by atoms with E-state index in [-0.39, 0.29) is 42.3 Å². The van der Waals surface area contributed by atoms with Crippen molar-refractivity contribution in [1.29, 1.82) is 0 Å². The van der Waals surface area contributed by atoms with E-state index in [0.717, 1.165) is 0 Å². The fourth-order valence-electron chi connectivity index (χ4n) is 3.86. The Labute approximate surface area is 188 Å². The van der Waals surface area contributed by atoms with Gasteiger partial charge in [0.25, 0.3) is 0 Å². The Hall–Kier alpha value is -2.84. The van der Waals surface area contributed by atoms with Crippen molar-refractivity contribution in [2.24, 2.45) is 5.41 Å². The fraction of sp³-hybridized carbons (Fsp3) is 0.652. The number of H-pyrrole nitrogens is 1. The van der Waals surface area contributed by atoms with E-state index in [0.29, 0.717) is 29.7 Å². The highest BCUT2D eigenvalue weighted by Gasteiger charge is 2.40. The summed E-state index contributed by atoms with van der Waals surface area (Å²) in [5.41, 5.74) is 0.900. The third-order valence-electron chi connectivity index (χ3n) is 5.57. The molecule has 1 fully saturated rings. The summed E-state index contributed by atoms with van der Waals surface area (Å²) in [5.74, 6) is -1.53. The zero-order valence-corrected chi connectivity index (χ0v) is 20.0. The summed E-state index contributed by atoms with van der Waals surface area (Å²) in [7, 11) is 2.58. The van der Waals surface area contributed by atoms with E-state index >= 15 is 0 Å². The van der Waals surface area contributed by atoms with E-state index in [1.807, 2.05) is 13.8 Å². The first-order valence-corrected chi connectivity index (χ1v) is 10.7. The Bertz CT molecular complexity index is 893. The molecule has 1 amide bonds. The van der Waals surface area contributed by atoms with Gasteiger partial charge in [-0.1, -0.05) is 13.8 Å². The molecular weight excluding hydrogens is 416 g/mol. The van der Waals surface area contributed by atoms with Crippen molar-refractivity contribution < 1.29 is 33.4 Å². The van der Waals surface area contributed by atoms with E-state index in [2.05, 4.69) is 10.3 Å². The van der Waals surface area contributed by atoms with Gasteiger partial charge in [-0.2, -0.15) is 0 Å². The minimum Gasteiger partial charge on any atom is -0.469 e. The fourth-order valence-corrected chi connectivity index (χ4v) is 3.86. The van der Waals surface area contributed by atoms with Crippen LogP contribution in [0.2, 0.25) is 0 Å². The summed E-state index contributed by atoms with van der Waals surface area (Å²) in [6.45, 7) is 9.26. The molecule has 1 aliphatic rings. The van der Waals surface area contributed by atoms with Gasteiger partial charge in [-0.05, 0) is 43.7 Å². The Balaban J connectivity index is 2.54. The molecule has 1 aromatic rings. The Morgan fingerprint density at radius 2 is 1.69 bits per heavy atom. The number of nitrogens with one attached hydrogen (secondary N) is 2. The third-order valence-corrected chi connectivity index (χ3v) is 5.57. The van der Waals surface area contributed by atoms with Crippen molar-refractivity contribution in [2.75, 3.05) is 14.2 Å². The highest BCUT2D eigenvalue weighted by molar-refractivity contribution is 5.91. The predicted octanol–water partition coefficient (Wildman–Crippen LogP) is 2.25. The van der Waals surface area contributed by atoms with E-state index in [4.69, 9.17) is 14.2 Å². The molecule has 0 bridgehead atoms. The molecule has 2 rings (SSSR count). The van der Waals surface area contributed by atoms with Crippen LogP contribution < -0.4 is 5.32 Å². The molecule has 1 saturated heterocycles. The van der Waals surface area contributed by atoms with Crippen molar-refractivity contribution in [3.63, 3.8) is 0 Å². The van der Waals surface area contributed by atoms with Crippen LogP contribution in [0.3, 0.4) is 0 Å². The van der Waals surface area contributed by atoms with Gasteiger partial charge in [0.1, 0.15) is 11.3 Å². The average molecular weight is 451 g/mol. The summed E-state index contributed by atoms with van der Waals surface area (Å²) in [4.78, 5) is 52.1. The summed E-state index contributed by atoms with van der Waals surface area (Å²) >= 11 is 0. The summed E-state index contributed by atoms with van der Waals surface area (Å²) in [6, 6.07) is -0.190. The van der Waals surface area contributed by atoms with Gasteiger partial charge >= 0.3 is 17.9 Å². The molecule has 1 aromatic heterocycles. The molecule has 0 spiro atoms. The van der Waals surface area contributed by atoms with Gasteiger partial charge in [0.2, 0.25) is 5.91 Å². The normalized spacial score (nSPS) is 17.6. The number of rotatable bonds is 8. The molecule has 0 radical (unpaired) electrons. The Morgan fingerprint density at radius 1 is 1.06 bits per heavy atom. The maximum atomic E-state index is 13.0. The lowest BCUT2D eigenvalue weighted by molar-refractivity contribution is -0.141.